The molecule has 1 N–H and O–H groups in total. The molecule has 0 fully saturated rings. The Bertz CT molecular complexity index is 701. The lowest BCUT2D eigenvalue weighted by molar-refractivity contribution is 0.0945. The Morgan fingerprint density at radius 3 is 2.57 bits per heavy atom. The highest BCUT2D eigenvalue weighted by atomic mass is 19.1. The van der Waals surface area contributed by atoms with E-state index in [1.807, 2.05) is 0 Å². The summed E-state index contributed by atoms with van der Waals surface area (Å²) in [6, 6.07) is 5.96. The van der Waals surface area contributed by atoms with Gasteiger partial charge in [0.05, 0.1) is 0 Å². The number of amides is 1. The van der Waals surface area contributed by atoms with Gasteiger partial charge in [-0.1, -0.05) is 12.1 Å². The van der Waals surface area contributed by atoms with Gasteiger partial charge in [-0.05, 0) is 30.2 Å². The molecule has 21 heavy (non-hydrogen) atoms. The zero-order valence-corrected chi connectivity index (χ0v) is 11.7. The van der Waals surface area contributed by atoms with Crippen molar-refractivity contribution in [3.63, 3.8) is 0 Å². The monoisotopic (exact) mass is 287 g/mol. The van der Waals surface area contributed by atoms with Gasteiger partial charge in [-0.25, -0.2) is 14.4 Å². The number of Topliss-reactive ketones (excluding diaryl/α,β-unsaturated/α-hetero) is 1. The van der Waals surface area contributed by atoms with Crippen LogP contribution in [0.5, 0.6) is 0 Å². The predicted molar refractivity (Wildman–Crippen MR) is 74.3 cm³/mol. The largest absolute Gasteiger partial charge is 0.347 e. The summed E-state index contributed by atoms with van der Waals surface area (Å²) in [6.45, 7) is 3.27. The molecule has 0 aliphatic rings. The van der Waals surface area contributed by atoms with Crippen LogP contribution in [0, 0.1) is 12.7 Å². The quantitative estimate of drug-likeness (QED) is 0.874. The van der Waals surface area contributed by atoms with E-state index in [0.29, 0.717) is 5.56 Å². The molecule has 108 valence electrons. The van der Waals surface area contributed by atoms with E-state index in [1.54, 1.807) is 19.1 Å². The van der Waals surface area contributed by atoms with Crippen LogP contribution in [0.2, 0.25) is 0 Å². The number of ketones is 1. The molecule has 0 radical (unpaired) electrons. The number of carbonyl (C=O) groups is 2. The molecule has 0 saturated heterocycles. The first-order chi connectivity index (χ1) is 9.97. The average Bonchev–Trinajstić information content (AvgIpc) is 2.48. The van der Waals surface area contributed by atoms with Crippen LogP contribution in [0.3, 0.4) is 0 Å². The molecule has 0 bridgehead atoms. The van der Waals surface area contributed by atoms with Crippen molar-refractivity contribution in [2.24, 2.45) is 0 Å². The van der Waals surface area contributed by atoms with Crippen LogP contribution in [0.1, 0.15) is 39.0 Å². The number of hydrogen-bond acceptors (Lipinski definition) is 4. The third-order valence-corrected chi connectivity index (χ3v) is 2.94. The molecule has 2 rings (SSSR count). The number of aryl methyl sites for hydroxylation is 1. The van der Waals surface area contributed by atoms with Crippen LogP contribution in [0.25, 0.3) is 0 Å². The molecule has 0 unspecified atom stereocenters. The maximum Gasteiger partial charge on any atom is 0.270 e. The van der Waals surface area contributed by atoms with Gasteiger partial charge in [0.25, 0.3) is 5.91 Å². The molecule has 2 aromatic rings. The fourth-order valence-corrected chi connectivity index (χ4v) is 1.76. The van der Waals surface area contributed by atoms with Gasteiger partial charge in [-0.2, -0.15) is 0 Å². The average molecular weight is 287 g/mol. The third kappa shape index (κ3) is 3.68. The van der Waals surface area contributed by atoms with Crippen molar-refractivity contribution in [3.8, 4) is 0 Å². The highest BCUT2D eigenvalue weighted by molar-refractivity contribution is 5.97. The first-order valence-electron chi connectivity index (χ1n) is 6.33. The van der Waals surface area contributed by atoms with Crippen LogP contribution in [-0.4, -0.2) is 21.7 Å². The van der Waals surface area contributed by atoms with Crippen molar-refractivity contribution in [2.75, 3.05) is 0 Å². The van der Waals surface area contributed by atoms with Crippen molar-refractivity contribution in [2.45, 2.75) is 20.4 Å². The van der Waals surface area contributed by atoms with E-state index in [0.717, 1.165) is 5.56 Å². The highest BCUT2D eigenvalue weighted by Crippen LogP contribution is 2.09. The van der Waals surface area contributed by atoms with Gasteiger partial charge in [-0.15, -0.1) is 0 Å². The SMILES string of the molecule is CC(=O)c1cc(C(=O)NCc2ccc(F)c(C)c2)ncn1. The summed E-state index contributed by atoms with van der Waals surface area (Å²) in [7, 11) is 0. The molecule has 0 atom stereocenters. The Hall–Kier alpha value is -2.63. The maximum atomic E-state index is 13.1. The topological polar surface area (TPSA) is 72.0 Å². The number of nitrogens with zero attached hydrogens (tertiary/aromatic N) is 2. The summed E-state index contributed by atoms with van der Waals surface area (Å²) < 4.78 is 13.1. The second-order valence-corrected chi connectivity index (χ2v) is 4.61. The molecule has 0 aliphatic carbocycles. The molecule has 0 saturated carbocycles. The molecule has 6 heteroatoms. The Morgan fingerprint density at radius 2 is 1.90 bits per heavy atom. The zero-order chi connectivity index (χ0) is 15.4. The minimum absolute atomic E-state index is 0.119. The van der Waals surface area contributed by atoms with Gasteiger partial charge in [0, 0.05) is 13.5 Å². The van der Waals surface area contributed by atoms with Crippen LogP contribution in [0.4, 0.5) is 4.39 Å². The lowest BCUT2D eigenvalue weighted by Gasteiger charge is -2.06. The Labute approximate surface area is 121 Å². The van der Waals surface area contributed by atoms with Crippen molar-refractivity contribution in [1.82, 2.24) is 15.3 Å². The van der Waals surface area contributed by atoms with Crippen LogP contribution in [-0.2, 0) is 6.54 Å². The number of aromatic nitrogens is 2. The van der Waals surface area contributed by atoms with Crippen molar-refractivity contribution in [1.29, 1.82) is 0 Å². The van der Waals surface area contributed by atoms with Gasteiger partial charge >= 0.3 is 0 Å². The van der Waals surface area contributed by atoms with Crippen LogP contribution >= 0.6 is 0 Å². The van der Waals surface area contributed by atoms with Crippen LogP contribution < -0.4 is 5.32 Å². The molecule has 1 amide bonds. The molecule has 1 aromatic carbocycles. The summed E-state index contributed by atoms with van der Waals surface area (Å²) >= 11 is 0. The van der Waals surface area contributed by atoms with Gasteiger partial charge in [-0.3, -0.25) is 9.59 Å². The van der Waals surface area contributed by atoms with Crippen LogP contribution in [0.15, 0.2) is 30.6 Å². The van der Waals surface area contributed by atoms with E-state index in [4.69, 9.17) is 0 Å². The maximum absolute atomic E-state index is 13.1. The molecule has 5 nitrogen and oxygen atoms in total. The molecule has 0 spiro atoms. The normalized spacial score (nSPS) is 10.2. The van der Waals surface area contributed by atoms with Crippen molar-refractivity contribution < 1.29 is 14.0 Å². The molecular weight excluding hydrogens is 273 g/mol. The Morgan fingerprint density at radius 1 is 1.19 bits per heavy atom. The third-order valence-electron chi connectivity index (χ3n) is 2.94. The van der Waals surface area contributed by atoms with Gasteiger partial charge < -0.3 is 5.32 Å². The molecule has 1 aromatic heterocycles. The second-order valence-electron chi connectivity index (χ2n) is 4.61. The molecular formula is C15H14FN3O2. The van der Waals surface area contributed by atoms with Gasteiger partial charge in [0.2, 0.25) is 0 Å². The standard InChI is InChI=1S/C15H14FN3O2/c1-9-5-11(3-4-12(9)16)7-17-15(21)14-6-13(10(2)20)18-8-19-14/h3-6,8H,7H2,1-2H3,(H,17,21). The summed E-state index contributed by atoms with van der Waals surface area (Å²) in [5.41, 5.74) is 1.60. The summed E-state index contributed by atoms with van der Waals surface area (Å²) in [6.07, 6.45) is 1.17. The lowest BCUT2D eigenvalue weighted by Crippen LogP contribution is -2.24. The van der Waals surface area contributed by atoms with E-state index >= 15 is 0 Å². The number of rotatable bonds is 4. The minimum atomic E-state index is -0.415. The number of hydrogen-bond donors (Lipinski definition) is 1. The fourth-order valence-electron chi connectivity index (χ4n) is 1.76. The Balaban J connectivity index is 2.06. The molecule has 0 aliphatic heterocycles. The number of benzene rings is 1. The molecule has 1 heterocycles. The van der Waals surface area contributed by atoms with E-state index in [-0.39, 0.29) is 29.5 Å². The summed E-state index contributed by atoms with van der Waals surface area (Å²) in [4.78, 5) is 30.8. The fraction of sp³-hybridized carbons (Fsp3) is 0.200. The first-order valence-corrected chi connectivity index (χ1v) is 6.33. The van der Waals surface area contributed by atoms with Gasteiger partial charge in [0.1, 0.15) is 23.5 Å². The van der Waals surface area contributed by atoms with Crippen molar-refractivity contribution in [3.05, 3.63) is 58.9 Å². The van der Waals surface area contributed by atoms with Crippen molar-refractivity contribution >= 4 is 11.7 Å². The summed E-state index contributed by atoms with van der Waals surface area (Å²) in [5.74, 6) is -0.936. The smallest absolute Gasteiger partial charge is 0.270 e. The number of carbonyl (C=O) groups excluding carboxylic acids is 2. The van der Waals surface area contributed by atoms with E-state index in [9.17, 15) is 14.0 Å². The first kappa shape index (κ1) is 14.8. The Kier molecular flexibility index (Phi) is 4.37. The predicted octanol–water partition coefficient (Wildman–Crippen LogP) is 2.06. The van der Waals surface area contributed by atoms with E-state index < -0.39 is 5.91 Å². The minimum Gasteiger partial charge on any atom is -0.347 e. The van der Waals surface area contributed by atoms with E-state index in [2.05, 4.69) is 15.3 Å². The van der Waals surface area contributed by atoms with Gasteiger partial charge in [0.15, 0.2) is 5.78 Å². The van der Waals surface area contributed by atoms with E-state index in [1.165, 1.54) is 25.4 Å². The lowest BCUT2D eigenvalue weighted by atomic mass is 10.1. The number of nitrogens with one attached hydrogen (secondary N) is 1. The second kappa shape index (κ2) is 6.21. The highest BCUT2D eigenvalue weighted by Gasteiger charge is 2.10. The number of halogens is 1. The summed E-state index contributed by atoms with van der Waals surface area (Å²) in [5, 5.41) is 2.67. The zero-order valence-electron chi connectivity index (χ0n) is 11.7.